The molecule has 0 fully saturated rings. The van der Waals surface area contributed by atoms with Crippen LogP contribution in [0.2, 0.25) is 0 Å². The van der Waals surface area contributed by atoms with E-state index in [1.54, 1.807) is 36.2 Å². The monoisotopic (exact) mass is 354 g/mol. The molecule has 0 spiro atoms. The number of nitriles is 1. The van der Waals surface area contributed by atoms with E-state index in [9.17, 15) is 9.90 Å². The Balaban J connectivity index is 2.24. The van der Waals surface area contributed by atoms with Crippen LogP contribution in [0, 0.1) is 11.5 Å². The van der Waals surface area contributed by atoms with Gasteiger partial charge in [0.25, 0.3) is 5.91 Å². The molecule has 2 rings (SSSR count). The molecule has 2 aromatic rings. The Bertz CT molecular complexity index is 798. The predicted octanol–water partition coefficient (Wildman–Crippen LogP) is 3.69. The van der Waals surface area contributed by atoms with Gasteiger partial charge in [0, 0.05) is 22.3 Å². The highest BCUT2D eigenvalue weighted by atomic mass is 32.2. The number of phenols is 1. The van der Waals surface area contributed by atoms with Gasteiger partial charge in [-0.15, -0.1) is 11.8 Å². The van der Waals surface area contributed by atoms with Crippen LogP contribution in [0.5, 0.6) is 11.5 Å². The second-order valence-corrected chi connectivity index (χ2v) is 6.04. The Kier molecular flexibility index (Phi) is 6.93. The van der Waals surface area contributed by atoms with Gasteiger partial charge < -0.3 is 9.84 Å². The molecule has 0 aliphatic carbocycles. The number of ether oxygens (including phenoxy) is 1. The lowest BCUT2D eigenvalue weighted by molar-refractivity contribution is -0.115. The van der Waals surface area contributed by atoms with Gasteiger partial charge >= 0.3 is 0 Å². The molecular formula is C19H18N2O3S. The lowest BCUT2D eigenvalue weighted by Gasteiger charge is -2.12. The SMILES string of the molecule is CCOc1cc(C=CC(=O)NC#N)cc(CSc2ccccc2)c1O. The first-order valence-electron chi connectivity index (χ1n) is 7.67. The number of nitrogens with zero attached hydrogens (tertiary/aromatic N) is 1. The van der Waals surface area contributed by atoms with E-state index in [0.29, 0.717) is 29.2 Å². The van der Waals surface area contributed by atoms with E-state index in [4.69, 9.17) is 10.00 Å². The van der Waals surface area contributed by atoms with Gasteiger partial charge in [0.05, 0.1) is 6.61 Å². The topological polar surface area (TPSA) is 82.3 Å². The zero-order chi connectivity index (χ0) is 18.1. The zero-order valence-corrected chi connectivity index (χ0v) is 14.5. The van der Waals surface area contributed by atoms with Gasteiger partial charge in [-0.2, -0.15) is 5.26 Å². The zero-order valence-electron chi connectivity index (χ0n) is 13.7. The third kappa shape index (κ3) is 5.59. The van der Waals surface area contributed by atoms with Gasteiger partial charge in [0.15, 0.2) is 17.7 Å². The number of amides is 1. The average Bonchev–Trinajstić information content (AvgIpc) is 2.62. The van der Waals surface area contributed by atoms with Crippen LogP contribution in [0.15, 0.2) is 53.4 Å². The normalized spacial score (nSPS) is 10.4. The van der Waals surface area contributed by atoms with Crippen molar-refractivity contribution in [1.82, 2.24) is 5.32 Å². The molecule has 5 nitrogen and oxygen atoms in total. The minimum atomic E-state index is -0.506. The lowest BCUT2D eigenvalue weighted by atomic mass is 10.1. The summed E-state index contributed by atoms with van der Waals surface area (Å²) in [5.74, 6) is 0.522. The quantitative estimate of drug-likeness (QED) is 0.343. The van der Waals surface area contributed by atoms with Crippen LogP contribution in [0.3, 0.4) is 0 Å². The van der Waals surface area contributed by atoms with Crippen LogP contribution in [0.4, 0.5) is 0 Å². The molecule has 0 atom stereocenters. The smallest absolute Gasteiger partial charge is 0.256 e. The van der Waals surface area contributed by atoms with Crippen molar-refractivity contribution in [3.63, 3.8) is 0 Å². The number of thioether (sulfide) groups is 1. The van der Waals surface area contributed by atoms with Gasteiger partial charge in [0.1, 0.15) is 0 Å². The molecule has 128 valence electrons. The second-order valence-electron chi connectivity index (χ2n) is 5.00. The highest BCUT2D eigenvalue weighted by Gasteiger charge is 2.11. The number of nitrogens with one attached hydrogen (secondary N) is 1. The number of rotatable bonds is 7. The van der Waals surface area contributed by atoms with Gasteiger partial charge in [-0.05, 0) is 42.8 Å². The van der Waals surface area contributed by atoms with Crippen LogP contribution in [0.25, 0.3) is 6.08 Å². The van der Waals surface area contributed by atoms with Crippen molar-refractivity contribution in [3.8, 4) is 17.7 Å². The van der Waals surface area contributed by atoms with Crippen molar-refractivity contribution < 1.29 is 14.6 Å². The molecule has 0 aliphatic heterocycles. The molecule has 0 bridgehead atoms. The fourth-order valence-corrected chi connectivity index (χ4v) is 3.00. The minimum absolute atomic E-state index is 0.101. The first-order chi connectivity index (χ1) is 12.1. The largest absolute Gasteiger partial charge is 0.504 e. The molecule has 1 amide bonds. The maximum absolute atomic E-state index is 11.4. The summed E-state index contributed by atoms with van der Waals surface area (Å²) in [7, 11) is 0. The summed E-state index contributed by atoms with van der Waals surface area (Å²) in [6.45, 7) is 2.25. The maximum atomic E-state index is 11.4. The molecule has 0 aromatic heterocycles. The van der Waals surface area contributed by atoms with E-state index in [2.05, 4.69) is 0 Å². The molecule has 25 heavy (non-hydrogen) atoms. The molecule has 0 saturated carbocycles. The molecule has 0 heterocycles. The summed E-state index contributed by atoms with van der Waals surface area (Å²) in [6, 6.07) is 13.3. The van der Waals surface area contributed by atoms with Crippen molar-refractivity contribution in [3.05, 3.63) is 59.7 Å². The van der Waals surface area contributed by atoms with Crippen LogP contribution in [0.1, 0.15) is 18.1 Å². The average molecular weight is 354 g/mol. The summed E-state index contributed by atoms with van der Waals surface area (Å²) >= 11 is 1.59. The van der Waals surface area contributed by atoms with Crippen LogP contribution >= 0.6 is 11.8 Å². The van der Waals surface area contributed by atoms with E-state index in [-0.39, 0.29) is 5.75 Å². The Hall–Kier alpha value is -2.91. The Labute approximate surface area is 150 Å². The molecule has 0 aliphatic rings. The van der Waals surface area contributed by atoms with Crippen molar-refractivity contribution in [2.45, 2.75) is 17.6 Å². The van der Waals surface area contributed by atoms with E-state index < -0.39 is 5.91 Å². The van der Waals surface area contributed by atoms with Crippen LogP contribution < -0.4 is 10.1 Å². The lowest BCUT2D eigenvalue weighted by Crippen LogP contribution is -2.13. The molecule has 0 radical (unpaired) electrons. The summed E-state index contributed by atoms with van der Waals surface area (Å²) in [6.07, 6.45) is 4.41. The molecule has 6 heteroatoms. The van der Waals surface area contributed by atoms with Gasteiger partial charge in [-0.1, -0.05) is 18.2 Å². The van der Waals surface area contributed by atoms with E-state index in [1.807, 2.05) is 42.6 Å². The van der Waals surface area contributed by atoms with Gasteiger partial charge in [-0.3, -0.25) is 10.1 Å². The number of aromatic hydroxyl groups is 1. The molecule has 2 N–H and O–H groups in total. The molecule has 2 aromatic carbocycles. The summed E-state index contributed by atoms with van der Waals surface area (Å²) < 4.78 is 5.48. The maximum Gasteiger partial charge on any atom is 0.256 e. The van der Waals surface area contributed by atoms with Crippen molar-refractivity contribution in [2.24, 2.45) is 0 Å². The Morgan fingerprint density at radius 1 is 1.36 bits per heavy atom. The van der Waals surface area contributed by atoms with Crippen molar-refractivity contribution in [2.75, 3.05) is 6.61 Å². The minimum Gasteiger partial charge on any atom is -0.504 e. The third-order valence-electron chi connectivity index (χ3n) is 3.22. The van der Waals surface area contributed by atoms with Crippen LogP contribution in [-0.4, -0.2) is 17.6 Å². The summed E-state index contributed by atoms with van der Waals surface area (Å²) in [5.41, 5.74) is 1.41. The van der Waals surface area contributed by atoms with Crippen LogP contribution in [-0.2, 0) is 10.5 Å². The fourth-order valence-electron chi connectivity index (χ4n) is 2.11. The number of carbonyl (C=O) groups excluding carboxylic acids is 1. The Morgan fingerprint density at radius 3 is 2.80 bits per heavy atom. The van der Waals surface area contributed by atoms with Crippen molar-refractivity contribution >= 4 is 23.7 Å². The number of benzene rings is 2. The standard InChI is InChI=1S/C19H18N2O3S/c1-2-24-17-11-14(8-9-18(22)21-13-20)10-15(19(17)23)12-25-16-6-4-3-5-7-16/h3-11,23H,2,12H2,1H3,(H,21,22). The molecular weight excluding hydrogens is 336 g/mol. The number of hydrogen-bond acceptors (Lipinski definition) is 5. The van der Waals surface area contributed by atoms with E-state index in [0.717, 1.165) is 4.90 Å². The second kappa shape index (κ2) is 9.40. The third-order valence-corrected chi connectivity index (χ3v) is 4.28. The number of hydrogen-bond donors (Lipinski definition) is 2. The predicted molar refractivity (Wildman–Crippen MR) is 98.1 cm³/mol. The van der Waals surface area contributed by atoms with Crippen molar-refractivity contribution in [1.29, 1.82) is 5.26 Å². The highest BCUT2D eigenvalue weighted by Crippen LogP contribution is 2.36. The summed E-state index contributed by atoms with van der Waals surface area (Å²) in [4.78, 5) is 12.5. The summed E-state index contributed by atoms with van der Waals surface area (Å²) in [5, 5.41) is 20.9. The van der Waals surface area contributed by atoms with E-state index in [1.165, 1.54) is 6.08 Å². The molecule has 0 saturated heterocycles. The number of carbonyl (C=O) groups is 1. The van der Waals surface area contributed by atoms with Gasteiger partial charge in [-0.25, -0.2) is 0 Å². The first kappa shape index (κ1) is 18.4. The highest BCUT2D eigenvalue weighted by molar-refractivity contribution is 7.98. The van der Waals surface area contributed by atoms with E-state index >= 15 is 0 Å². The first-order valence-corrected chi connectivity index (χ1v) is 8.66. The number of phenolic OH excluding ortho intramolecular Hbond substituents is 1. The Morgan fingerprint density at radius 2 is 2.12 bits per heavy atom. The molecule has 0 unspecified atom stereocenters. The fraction of sp³-hybridized carbons (Fsp3) is 0.158. The van der Waals surface area contributed by atoms with Gasteiger partial charge in [0.2, 0.25) is 0 Å².